The molecule has 3 nitrogen and oxygen atoms in total. The van der Waals surface area contributed by atoms with Crippen LogP contribution in [0.2, 0.25) is 0 Å². The molecule has 0 bridgehead atoms. The first-order valence-corrected chi connectivity index (χ1v) is 16.4. The largest absolute Gasteiger partial charge is 0.359 e. The van der Waals surface area contributed by atoms with Crippen LogP contribution in [-0.4, -0.2) is 10.4 Å². The number of para-hydroxylation sites is 1. The van der Waals surface area contributed by atoms with E-state index in [1.54, 1.807) is 0 Å². The molecule has 0 fully saturated rings. The molecule has 6 aromatic carbocycles. The summed E-state index contributed by atoms with van der Waals surface area (Å²) in [6.07, 6.45) is 1.98. The van der Waals surface area contributed by atoms with Crippen molar-refractivity contribution in [1.29, 1.82) is 0 Å². The van der Waals surface area contributed by atoms with E-state index >= 15 is 0 Å². The van der Waals surface area contributed by atoms with Crippen LogP contribution >= 0.6 is 11.3 Å². The predicted molar refractivity (Wildman–Crippen MR) is 195 cm³/mol. The second kappa shape index (κ2) is 11.0. The Bertz CT molecular complexity index is 2420. The van der Waals surface area contributed by atoms with Gasteiger partial charge in [-0.3, -0.25) is 4.57 Å². The van der Waals surface area contributed by atoms with E-state index in [0.29, 0.717) is 0 Å². The van der Waals surface area contributed by atoms with Crippen LogP contribution in [0.3, 0.4) is 0 Å². The second-order valence-corrected chi connectivity index (χ2v) is 12.6. The van der Waals surface area contributed by atoms with Crippen LogP contribution in [0.5, 0.6) is 0 Å². The zero-order valence-corrected chi connectivity index (χ0v) is 25.8. The number of hydrogen-bond acceptors (Lipinski definition) is 3. The van der Waals surface area contributed by atoms with Crippen molar-refractivity contribution in [2.75, 3.05) is 0 Å². The quantitative estimate of drug-likeness (QED) is 0.212. The highest BCUT2D eigenvalue weighted by Gasteiger charge is 2.25. The van der Waals surface area contributed by atoms with Crippen LogP contribution < -0.4 is 5.32 Å². The van der Waals surface area contributed by atoms with E-state index in [4.69, 9.17) is 4.99 Å². The molecule has 4 heteroatoms. The van der Waals surface area contributed by atoms with Crippen LogP contribution in [0.1, 0.15) is 17.3 Å². The average Bonchev–Trinajstić information content (AvgIpc) is 3.69. The van der Waals surface area contributed by atoms with E-state index in [2.05, 4.69) is 174 Å². The molecular weight excluding hydrogens is 579 g/mol. The van der Waals surface area contributed by atoms with Gasteiger partial charge >= 0.3 is 0 Å². The van der Waals surface area contributed by atoms with Gasteiger partial charge in [0, 0.05) is 43.1 Å². The van der Waals surface area contributed by atoms with Gasteiger partial charge in [0.25, 0.3) is 0 Å². The summed E-state index contributed by atoms with van der Waals surface area (Å²) in [6, 6.07) is 56.0. The molecule has 3 heterocycles. The lowest BCUT2D eigenvalue weighted by atomic mass is 9.98. The van der Waals surface area contributed by atoms with Gasteiger partial charge in [0.05, 0.1) is 11.0 Å². The molecule has 1 atom stereocenters. The molecule has 8 aromatic rings. The van der Waals surface area contributed by atoms with Gasteiger partial charge in [-0.05, 0) is 34.4 Å². The topological polar surface area (TPSA) is 29.3 Å². The summed E-state index contributed by atoms with van der Waals surface area (Å²) in [4.78, 5) is 6.66. The molecule has 218 valence electrons. The van der Waals surface area contributed by atoms with Crippen molar-refractivity contribution in [2.45, 2.75) is 6.17 Å². The molecule has 0 radical (unpaired) electrons. The lowest BCUT2D eigenvalue weighted by molar-refractivity contribution is 0.660. The minimum absolute atomic E-state index is 0.215. The van der Waals surface area contributed by atoms with Gasteiger partial charge in [0.1, 0.15) is 12.0 Å². The normalized spacial score (nSPS) is 14.7. The Labute approximate surface area is 271 Å². The summed E-state index contributed by atoms with van der Waals surface area (Å²) >= 11 is 1.89. The average molecular weight is 608 g/mol. The first kappa shape index (κ1) is 26.7. The van der Waals surface area contributed by atoms with Gasteiger partial charge in [-0.15, -0.1) is 11.3 Å². The van der Waals surface area contributed by atoms with Crippen molar-refractivity contribution < 1.29 is 0 Å². The third-order valence-corrected chi connectivity index (χ3v) is 10.1. The van der Waals surface area contributed by atoms with Crippen molar-refractivity contribution in [3.8, 4) is 21.6 Å². The van der Waals surface area contributed by atoms with Gasteiger partial charge < -0.3 is 5.32 Å². The van der Waals surface area contributed by atoms with Crippen molar-refractivity contribution >= 4 is 54.8 Å². The second-order valence-electron chi connectivity index (χ2n) is 11.6. The maximum Gasteiger partial charge on any atom is 0.147 e. The molecular formula is C42H29N3S. The molecule has 0 aliphatic carbocycles. The summed E-state index contributed by atoms with van der Waals surface area (Å²) in [5, 5.41) is 7.49. The van der Waals surface area contributed by atoms with Gasteiger partial charge in [-0.25, -0.2) is 4.99 Å². The molecule has 0 spiro atoms. The van der Waals surface area contributed by atoms with E-state index < -0.39 is 0 Å². The number of benzene rings is 6. The fourth-order valence-electron chi connectivity index (χ4n) is 6.76. The first-order valence-electron chi connectivity index (χ1n) is 15.6. The van der Waals surface area contributed by atoms with Crippen molar-refractivity contribution in [3.63, 3.8) is 0 Å². The number of thiophene rings is 1. The first-order chi connectivity index (χ1) is 22.8. The highest BCUT2D eigenvalue weighted by molar-refractivity contribution is 7.24. The van der Waals surface area contributed by atoms with Crippen molar-refractivity contribution in [3.05, 3.63) is 175 Å². The number of allylic oxidation sites excluding steroid dienone is 1. The number of nitrogens with zero attached hydrogens (tertiary/aromatic N) is 2. The van der Waals surface area contributed by atoms with E-state index in [0.717, 1.165) is 33.7 Å². The number of hydrogen-bond donors (Lipinski definition) is 1. The minimum Gasteiger partial charge on any atom is -0.359 e. The highest BCUT2D eigenvalue weighted by Crippen LogP contribution is 2.49. The Kier molecular flexibility index (Phi) is 6.39. The zero-order chi connectivity index (χ0) is 30.5. The fraction of sp³-hybridized carbons (Fsp3) is 0.0238. The Hall–Kier alpha value is -5.71. The zero-order valence-electron chi connectivity index (χ0n) is 25.0. The van der Waals surface area contributed by atoms with Crippen LogP contribution in [-0.2, 0) is 0 Å². The maximum atomic E-state index is 5.36. The van der Waals surface area contributed by atoms with Crippen LogP contribution in [0.25, 0.3) is 59.2 Å². The molecule has 0 saturated heterocycles. The summed E-state index contributed by atoms with van der Waals surface area (Å²) in [7, 11) is 0. The van der Waals surface area contributed by atoms with Crippen LogP contribution in [0.4, 0.5) is 0 Å². The standard InChI is InChI=1S/C42H29N3S/c1-5-15-28(16-6-1)34-27-37(44-42(43-34)31-21-11-4-12-22-31)45-35-24-14-13-23-32(35)39-36(45)26-25-33-38(29-17-7-2-8-18-29)40(46-41(33)39)30-19-9-3-10-20-30/h1-27,42-43H. The number of nitrogens with one attached hydrogen (secondary N) is 1. The third kappa shape index (κ3) is 4.38. The van der Waals surface area contributed by atoms with E-state index in [9.17, 15) is 0 Å². The van der Waals surface area contributed by atoms with Gasteiger partial charge in [0.2, 0.25) is 0 Å². The SMILES string of the molecule is C1=C(c2ccccc2)NC(c2ccccc2)N=C1n1c2ccccc2c2c3sc(-c4ccccc4)c(-c4ccccc4)c3ccc21. The predicted octanol–water partition coefficient (Wildman–Crippen LogP) is 10.9. The van der Waals surface area contributed by atoms with E-state index in [-0.39, 0.29) is 6.17 Å². The van der Waals surface area contributed by atoms with Crippen LogP contribution in [0, 0.1) is 0 Å². The summed E-state index contributed by atoms with van der Waals surface area (Å²) < 4.78 is 3.65. The molecule has 0 saturated carbocycles. The Balaban J connectivity index is 1.34. The van der Waals surface area contributed by atoms with Crippen molar-refractivity contribution in [2.24, 2.45) is 4.99 Å². The van der Waals surface area contributed by atoms with Crippen molar-refractivity contribution in [1.82, 2.24) is 9.88 Å². The Morgan fingerprint density at radius 3 is 1.87 bits per heavy atom. The number of aromatic nitrogens is 1. The Morgan fingerprint density at radius 2 is 1.15 bits per heavy atom. The molecule has 1 N–H and O–H groups in total. The van der Waals surface area contributed by atoms with E-state index in [1.807, 2.05) is 11.3 Å². The number of aliphatic imine (C=N–C) groups is 1. The van der Waals surface area contributed by atoms with Gasteiger partial charge in [-0.2, -0.15) is 0 Å². The monoisotopic (exact) mass is 607 g/mol. The molecule has 2 aromatic heterocycles. The highest BCUT2D eigenvalue weighted by atomic mass is 32.1. The summed E-state index contributed by atoms with van der Waals surface area (Å²) in [5.74, 6) is 0.917. The molecule has 1 aliphatic rings. The molecule has 46 heavy (non-hydrogen) atoms. The smallest absolute Gasteiger partial charge is 0.147 e. The Morgan fingerprint density at radius 1 is 0.543 bits per heavy atom. The third-order valence-electron chi connectivity index (χ3n) is 8.85. The molecule has 0 amide bonds. The number of rotatable bonds is 4. The fourth-order valence-corrected chi connectivity index (χ4v) is 8.14. The molecule has 1 aliphatic heterocycles. The van der Waals surface area contributed by atoms with E-state index in [1.165, 1.54) is 42.4 Å². The minimum atomic E-state index is -0.215. The van der Waals surface area contributed by atoms with Gasteiger partial charge in [-0.1, -0.05) is 146 Å². The molecule has 9 rings (SSSR count). The number of fused-ring (bicyclic) bond motifs is 5. The molecule has 1 unspecified atom stereocenters. The maximum absolute atomic E-state index is 5.36. The lowest BCUT2D eigenvalue weighted by Crippen LogP contribution is -2.27. The lowest BCUT2D eigenvalue weighted by Gasteiger charge is -2.25. The summed E-state index contributed by atoms with van der Waals surface area (Å²) in [5.41, 5.74) is 9.39. The summed E-state index contributed by atoms with van der Waals surface area (Å²) in [6.45, 7) is 0. The van der Waals surface area contributed by atoms with Crippen LogP contribution in [0.15, 0.2) is 169 Å². The van der Waals surface area contributed by atoms with Gasteiger partial charge in [0.15, 0.2) is 0 Å².